The third-order valence-electron chi connectivity index (χ3n) is 6.93. The molecule has 0 bridgehead atoms. The van der Waals surface area contributed by atoms with Crippen LogP contribution in [0.1, 0.15) is 54.1 Å². The van der Waals surface area contributed by atoms with Crippen LogP contribution in [0.4, 0.5) is 0 Å². The maximum Gasteiger partial charge on any atom is 0.258 e. The monoisotopic (exact) mass is 425 g/mol. The van der Waals surface area contributed by atoms with Crippen molar-refractivity contribution in [2.75, 3.05) is 27.9 Å². The normalized spacial score (nSPS) is 25.5. The molecule has 2 aliphatic rings. The number of benzene rings is 2. The average molecular weight is 426 g/mol. The van der Waals surface area contributed by atoms with E-state index >= 15 is 0 Å². The Labute approximate surface area is 183 Å². The van der Waals surface area contributed by atoms with Gasteiger partial charge in [-0.1, -0.05) is 31.0 Å². The first-order valence-electron chi connectivity index (χ1n) is 10.9. The standard InChI is InChI=1S/C25H31NO5/c1-29-17-11-12-19(22(16-17)31-3)24(27)26-15-14-25(28)13-7-6-9-20(25)23(26)18-8-4-5-10-21(18)30-2/h4-5,8,10-12,16,20,23,28H,6-7,9,13-15H2,1-3H3/t20-,23-,25+/m0/s1. The first-order valence-corrected chi connectivity index (χ1v) is 10.9. The molecule has 1 aliphatic carbocycles. The van der Waals surface area contributed by atoms with Crippen LogP contribution in [-0.2, 0) is 0 Å². The van der Waals surface area contributed by atoms with Gasteiger partial charge in [0.15, 0.2) is 0 Å². The second-order valence-electron chi connectivity index (χ2n) is 8.46. The largest absolute Gasteiger partial charge is 0.497 e. The molecule has 0 unspecified atom stereocenters. The first kappa shape index (κ1) is 21.5. The van der Waals surface area contributed by atoms with Gasteiger partial charge in [-0.3, -0.25) is 4.79 Å². The molecule has 3 atom stereocenters. The molecule has 1 heterocycles. The third kappa shape index (κ3) is 3.85. The van der Waals surface area contributed by atoms with Gasteiger partial charge < -0.3 is 24.2 Å². The fourth-order valence-electron chi connectivity index (χ4n) is 5.34. The number of piperidine rings is 1. The van der Waals surface area contributed by atoms with Gasteiger partial charge in [-0.25, -0.2) is 0 Å². The van der Waals surface area contributed by atoms with E-state index in [1.807, 2.05) is 29.2 Å². The number of para-hydroxylation sites is 1. The molecule has 1 saturated carbocycles. The number of nitrogens with zero attached hydrogens (tertiary/aromatic N) is 1. The van der Waals surface area contributed by atoms with E-state index in [1.165, 1.54) is 0 Å². The molecule has 1 aliphatic heterocycles. The molecule has 6 heteroatoms. The molecule has 1 N–H and O–H groups in total. The average Bonchev–Trinajstić information content (AvgIpc) is 2.82. The van der Waals surface area contributed by atoms with Gasteiger partial charge in [0.05, 0.1) is 38.5 Å². The van der Waals surface area contributed by atoms with Crippen molar-refractivity contribution in [2.24, 2.45) is 5.92 Å². The number of ether oxygens (including phenoxy) is 3. The number of carbonyl (C=O) groups is 1. The van der Waals surface area contributed by atoms with Crippen LogP contribution in [0.25, 0.3) is 0 Å². The fraction of sp³-hybridized carbons (Fsp3) is 0.480. The molecular formula is C25H31NO5. The van der Waals surface area contributed by atoms with E-state index < -0.39 is 5.60 Å². The molecule has 4 rings (SSSR count). The van der Waals surface area contributed by atoms with Gasteiger partial charge in [0.2, 0.25) is 0 Å². The zero-order valence-electron chi connectivity index (χ0n) is 18.5. The Morgan fingerprint density at radius 2 is 1.77 bits per heavy atom. The van der Waals surface area contributed by atoms with Crippen molar-refractivity contribution in [1.82, 2.24) is 4.90 Å². The summed E-state index contributed by atoms with van der Waals surface area (Å²) in [5, 5.41) is 11.5. The molecule has 2 fully saturated rings. The number of hydrogen-bond donors (Lipinski definition) is 1. The van der Waals surface area contributed by atoms with Crippen LogP contribution in [0, 0.1) is 5.92 Å². The minimum Gasteiger partial charge on any atom is -0.497 e. The number of rotatable bonds is 5. The van der Waals surface area contributed by atoms with Crippen LogP contribution in [0.15, 0.2) is 42.5 Å². The van der Waals surface area contributed by atoms with E-state index in [4.69, 9.17) is 14.2 Å². The van der Waals surface area contributed by atoms with Crippen molar-refractivity contribution in [3.8, 4) is 17.2 Å². The van der Waals surface area contributed by atoms with Crippen LogP contribution in [0.2, 0.25) is 0 Å². The molecule has 2 aromatic rings. The second kappa shape index (κ2) is 8.79. The molecule has 31 heavy (non-hydrogen) atoms. The highest BCUT2D eigenvalue weighted by Crippen LogP contribution is 2.51. The van der Waals surface area contributed by atoms with Crippen LogP contribution in [0.3, 0.4) is 0 Å². The summed E-state index contributed by atoms with van der Waals surface area (Å²) >= 11 is 0. The number of hydrogen-bond acceptors (Lipinski definition) is 5. The van der Waals surface area contributed by atoms with Crippen LogP contribution >= 0.6 is 0 Å². The van der Waals surface area contributed by atoms with E-state index in [0.717, 1.165) is 37.0 Å². The van der Waals surface area contributed by atoms with Gasteiger partial charge in [0.25, 0.3) is 5.91 Å². The molecule has 0 aromatic heterocycles. The zero-order chi connectivity index (χ0) is 22.0. The highest BCUT2D eigenvalue weighted by molar-refractivity contribution is 5.97. The smallest absolute Gasteiger partial charge is 0.258 e. The topological polar surface area (TPSA) is 68.2 Å². The van der Waals surface area contributed by atoms with Crippen LogP contribution in [0.5, 0.6) is 17.2 Å². The maximum absolute atomic E-state index is 13.8. The van der Waals surface area contributed by atoms with Crippen molar-refractivity contribution in [3.63, 3.8) is 0 Å². The van der Waals surface area contributed by atoms with Crippen molar-refractivity contribution < 1.29 is 24.1 Å². The van der Waals surface area contributed by atoms with Gasteiger partial charge >= 0.3 is 0 Å². The molecular weight excluding hydrogens is 394 g/mol. The van der Waals surface area contributed by atoms with Gasteiger partial charge in [-0.15, -0.1) is 0 Å². The van der Waals surface area contributed by atoms with E-state index in [-0.39, 0.29) is 17.9 Å². The molecule has 0 radical (unpaired) electrons. The number of fused-ring (bicyclic) bond motifs is 1. The molecule has 166 valence electrons. The lowest BCUT2D eigenvalue weighted by atomic mass is 9.66. The number of methoxy groups -OCH3 is 3. The maximum atomic E-state index is 13.8. The summed E-state index contributed by atoms with van der Waals surface area (Å²) in [6.07, 6.45) is 4.30. The van der Waals surface area contributed by atoms with Gasteiger partial charge in [-0.2, -0.15) is 0 Å². The molecule has 1 saturated heterocycles. The Hall–Kier alpha value is -2.73. The van der Waals surface area contributed by atoms with E-state index in [1.54, 1.807) is 39.5 Å². The van der Waals surface area contributed by atoms with Crippen molar-refractivity contribution in [2.45, 2.75) is 43.7 Å². The quantitative estimate of drug-likeness (QED) is 0.777. The third-order valence-corrected chi connectivity index (χ3v) is 6.93. The van der Waals surface area contributed by atoms with E-state index in [9.17, 15) is 9.90 Å². The number of aliphatic hydroxyl groups is 1. The van der Waals surface area contributed by atoms with Gasteiger partial charge in [0, 0.05) is 24.1 Å². The van der Waals surface area contributed by atoms with Gasteiger partial charge in [-0.05, 0) is 37.5 Å². The Morgan fingerprint density at radius 3 is 2.52 bits per heavy atom. The number of likely N-dealkylation sites (tertiary alicyclic amines) is 1. The SMILES string of the molecule is COc1ccc(C(=O)N2CC[C@]3(O)CCCC[C@H]3[C@@H]2c2ccccc2OC)c(OC)c1. The van der Waals surface area contributed by atoms with Crippen LogP contribution in [-0.4, -0.2) is 49.4 Å². The second-order valence-corrected chi connectivity index (χ2v) is 8.46. The highest BCUT2D eigenvalue weighted by atomic mass is 16.5. The Bertz CT molecular complexity index is 945. The summed E-state index contributed by atoms with van der Waals surface area (Å²) in [4.78, 5) is 15.7. The predicted molar refractivity (Wildman–Crippen MR) is 118 cm³/mol. The molecule has 6 nitrogen and oxygen atoms in total. The highest BCUT2D eigenvalue weighted by Gasteiger charge is 2.51. The molecule has 2 aromatic carbocycles. The van der Waals surface area contributed by atoms with Crippen molar-refractivity contribution >= 4 is 5.91 Å². The summed E-state index contributed by atoms with van der Waals surface area (Å²) in [5.74, 6) is 1.70. The first-order chi connectivity index (χ1) is 15.0. The molecule has 1 amide bonds. The van der Waals surface area contributed by atoms with Gasteiger partial charge in [0.1, 0.15) is 17.2 Å². The summed E-state index contributed by atoms with van der Waals surface area (Å²) in [7, 11) is 4.79. The summed E-state index contributed by atoms with van der Waals surface area (Å²) < 4.78 is 16.5. The lowest BCUT2D eigenvalue weighted by Gasteiger charge is -2.52. The summed E-state index contributed by atoms with van der Waals surface area (Å²) in [6, 6.07) is 12.8. The summed E-state index contributed by atoms with van der Waals surface area (Å²) in [6.45, 7) is 0.476. The number of carbonyl (C=O) groups excluding carboxylic acids is 1. The Kier molecular flexibility index (Phi) is 6.10. The Morgan fingerprint density at radius 1 is 1.00 bits per heavy atom. The van der Waals surface area contributed by atoms with E-state index in [0.29, 0.717) is 30.0 Å². The fourth-order valence-corrected chi connectivity index (χ4v) is 5.34. The predicted octanol–water partition coefficient (Wildman–Crippen LogP) is 4.22. The zero-order valence-corrected chi connectivity index (χ0v) is 18.5. The van der Waals surface area contributed by atoms with E-state index in [2.05, 4.69) is 0 Å². The van der Waals surface area contributed by atoms with Crippen LogP contribution < -0.4 is 14.2 Å². The van der Waals surface area contributed by atoms with Crippen molar-refractivity contribution in [1.29, 1.82) is 0 Å². The summed E-state index contributed by atoms with van der Waals surface area (Å²) in [5.41, 5.74) is 0.671. The minimum absolute atomic E-state index is 0.0421. The van der Waals surface area contributed by atoms with Crippen molar-refractivity contribution in [3.05, 3.63) is 53.6 Å². The number of amides is 1. The lowest BCUT2D eigenvalue weighted by Crippen LogP contribution is -2.56. The molecule has 0 spiro atoms. The minimum atomic E-state index is -0.759. The Balaban J connectivity index is 1.79. The lowest BCUT2D eigenvalue weighted by molar-refractivity contribution is -0.115.